The molecule has 1 aromatic rings. The van der Waals surface area contributed by atoms with Crippen LogP contribution in [0.4, 0.5) is 4.79 Å². The molecule has 1 aromatic carbocycles. The van der Waals surface area contributed by atoms with Gasteiger partial charge in [0.05, 0.1) is 28.9 Å². The van der Waals surface area contributed by atoms with Gasteiger partial charge in [-0.05, 0) is 25.5 Å². The minimum atomic E-state index is -0.493. The molecule has 8 heteroatoms. The first-order valence-corrected chi connectivity index (χ1v) is 8.27. The number of hydrogen-bond acceptors (Lipinski definition) is 4. The lowest BCUT2D eigenvalue weighted by atomic mass is 10.0. The van der Waals surface area contributed by atoms with Gasteiger partial charge in [-0.2, -0.15) is 0 Å². The molecule has 0 fully saturated rings. The second-order valence-corrected chi connectivity index (χ2v) is 5.88. The van der Waals surface area contributed by atoms with Gasteiger partial charge in [-0.3, -0.25) is 0 Å². The van der Waals surface area contributed by atoms with Crippen molar-refractivity contribution in [3.05, 3.63) is 39.5 Å². The molecule has 2 amide bonds. The molecule has 0 saturated carbocycles. The lowest BCUT2D eigenvalue weighted by molar-refractivity contribution is -0.139. The largest absolute Gasteiger partial charge is 0.486 e. The van der Waals surface area contributed by atoms with Crippen molar-refractivity contribution in [1.29, 1.82) is 0 Å². The first kappa shape index (κ1) is 18.4. The quantitative estimate of drug-likeness (QED) is 0.751. The van der Waals surface area contributed by atoms with E-state index in [1.54, 1.807) is 25.1 Å². The summed E-state index contributed by atoms with van der Waals surface area (Å²) in [6, 6.07) is 3.97. The Morgan fingerprint density at radius 1 is 1.29 bits per heavy atom. The van der Waals surface area contributed by atoms with Crippen molar-refractivity contribution in [3.8, 4) is 5.75 Å². The Hall–Kier alpha value is -1.92. The van der Waals surface area contributed by atoms with Crippen LogP contribution in [0.25, 0.3) is 0 Å². The summed E-state index contributed by atoms with van der Waals surface area (Å²) in [5, 5.41) is 6.14. The van der Waals surface area contributed by atoms with Gasteiger partial charge < -0.3 is 20.1 Å². The van der Waals surface area contributed by atoms with E-state index in [1.165, 1.54) is 0 Å². The second kappa shape index (κ2) is 8.26. The van der Waals surface area contributed by atoms with E-state index in [1.807, 2.05) is 6.92 Å². The first-order valence-electron chi connectivity index (χ1n) is 7.51. The van der Waals surface area contributed by atoms with Crippen molar-refractivity contribution in [2.75, 3.05) is 13.2 Å². The van der Waals surface area contributed by atoms with Crippen molar-refractivity contribution in [2.24, 2.45) is 0 Å². The number of ether oxygens (including phenoxy) is 2. The van der Waals surface area contributed by atoms with Crippen molar-refractivity contribution in [3.63, 3.8) is 0 Å². The third-order valence-corrected chi connectivity index (χ3v) is 3.96. The number of halogens is 2. The maximum atomic E-state index is 12.2. The van der Waals surface area contributed by atoms with Crippen LogP contribution in [0.15, 0.2) is 29.5 Å². The summed E-state index contributed by atoms with van der Waals surface area (Å²) < 4.78 is 10.7. The zero-order valence-electron chi connectivity index (χ0n) is 13.3. The molecule has 2 rings (SSSR count). The second-order valence-electron chi connectivity index (χ2n) is 5.04. The Bertz CT molecular complexity index is 676. The highest BCUT2D eigenvalue weighted by Gasteiger charge is 2.31. The van der Waals surface area contributed by atoms with Crippen molar-refractivity contribution in [1.82, 2.24) is 10.6 Å². The van der Waals surface area contributed by atoms with Gasteiger partial charge in [-0.1, -0.05) is 30.1 Å². The molecule has 24 heavy (non-hydrogen) atoms. The van der Waals surface area contributed by atoms with E-state index in [9.17, 15) is 9.59 Å². The van der Waals surface area contributed by atoms with Crippen LogP contribution in [0.5, 0.6) is 5.75 Å². The van der Waals surface area contributed by atoms with Crippen molar-refractivity contribution < 1.29 is 19.1 Å². The van der Waals surface area contributed by atoms with Crippen LogP contribution in [0.1, 0.15) is 20.3 Å². The summed E-state index contributed by atoms with van der Waals surface area (Å²) in [4.78, 5) is 24.0. The Balaban J connectivity index is 2.28. The highest BCUT2D eigenvalue weighted by atomic mass is 35.5. The number of amides is 2. The predicted octanol–water partition coefficient (Wildman–Crippen LogP) is 3.28. The molecule has 1 atom stereocenters. The van der Waals surface area contributed by atoms with Crippen molar-refractivity contribution in [2.45, 2.75) is 26.3 Å². The maximum Gasteiger partial charge on any atom is 0.338 e. The molecule has 1 heterocycles. The summed E-state index contributed by atoms with van der Waals surface area (Å²) in [6.45, 7) is 3.77. The fraction of sp³-hybridized carbons (Fsp3) is 0.375. The van der Waals surface area contributed by atoms with E-state index in [0.29, 0.717) is 33.5 Å². The normalized spacial score (nSPS) is 17.2. The summed E-state index contributed by atoms with van der Waals surface area (Å²) in [5.41, 5.74) is 0.692. The van der Waals surface area contributed by atoms with Crippen LogP contribution in [-0.2, 0) is 9.53 Å². The average Bonchev–Trinajstić information content (AvgIpc) is 2.55. The predicted molar refractivity (Wildman–Crippen MR) is 91.4 cm³/mol. The van der Waals surface area contributed by atoms with E-state index in [-0.39, 0.29) is 13.2 Å². The molecular formula is C16H18Cl2N2O4. The standard InChI is InChI=1S/C16H18Cl2N2O4/c1-3-11-14(15(21)23-4-2)12(20-16(22)19-11)8-24-13-7-9(17)5-6-10(13)18/h5-7,11H,3-4,8H2,1-2H3,(H2,19,20,22)/t11-/m1/s1. The van der Waals surface area contributed by atoms with Gasteiger partial charge in [0.1, 0.15) is 12.4 Å². The molecule has 0 radical (unpaired) electrons. The van der Waals surface area contributed by atoms with Crippen LogP contribution in [0.2, 0.25) is 10.0 Å². The lowest BCUT2D eigenvalue weighted by Crippen LogP contribution is -2.51. The Morgan fingerprint density at radius 2 is 2.04 bits per heavy atom. The van der Waals surface area contributed by atoms with Gasteiger partial charge in [0.25, 0.3) is 0 Å². The molecule has 6 nitrogen and oxygen atoms in total. The molecule has 130 valence electrons. The Labute approximate surface area is 150 Å². The zero-order chi connectivity index (χ0) is 17.7. The Kier molecular flexibility index (Phi) is 6.34. The summed E-state index contributed by atoms with van der Waals surface area (Å²) in [5.74, 6) is -0.131. The van der Waals surface area contributed by atoms with Crippen LogP contribution < -0.4 is 15.4 Å². The van der Waals surface area contributed by atoms with E-state index >= 15 is 0 Å². The molecule has 1 aliphatic rings. The first-order chi connectivity index (χ1) is 11.5. The summed E-state index contributed by atoms with van der Waals surface area (Å²) in [7, 11) is 0. The number of carbonyl (C=O) groups is 2. The summed E-state index contributed by atoms with van der Waals surface area (Å²) in [6.07, 6.45) is 0.545. The van der Waals surface area contributed by atoms with E-state index in [2.05, 4.69) is 10.6 Å². The smallest absolute Gasteiger partial charge is 0.338 e. The fourth-order valence-electron chi connectivity index (χ4n) is 2.31. The third kappa shape index (κ3) is 4.33. The SMILES string of the molecule is CCOC(=O)C1=C(COc2cc(Cl)ccc2Cl)NC(=O)N[C@@H]1CC. The van der Waals surface area contributed by atoms with E-state index in [4.69, 9.17) is 32.7 Å². The molecule has 0 bridgehead atoms. The van der Waals surface area contributed by atoms with E-state index in [0.717, 1.165) is 0 Å². The highest BCUT2D eigenvalue weighted by molar-refractivity contribution is 6.34. The molecule has 0 aliphatic carbocycles. The van der Waals surface area contributed by atoms with E-state index < -0.39 is 18.0 Å². The molecule has 0 aromatic heterocycles. The molecule has 0 saturated heterocycles. The fourth-order valence-corrected chi connectivity index (χ4v) is 2.65. The molecular weight excluding hydrogens is 355 g/mol. The minimum absolute atomic E-state index is 0.0435. The number of hydrogen-bond donors (Lipinski definition) is 2. The minimum Gasteiger partial charge on any atom is -0.486 e. The third-order valence-electron chi connectivity index (χ3n) is 3.41. The van der Waals surface area contributed by atoms with Gasteiger partial charge in [-0.25, -0.2) is 9.59 Å². The molecule has 0 unspecified atom stereocenters. The molecule has 0 spiro atoms. The van der Waals surface area contributed by atoms with Gasteiger partial charge in [0.2, 0.25) is 0 Å². The number of carbonyl (C=O) groups excluding carboxylic acids is 2. The monoisotopic (exact) mass is 372 g/mol. The van der Waals surface area contributed by atoms with Gasteiger partial charge in [-0.15, -0.1) is 0 Å². The average molecular weight is 373 g/mol. The van der Waals surface area contributed by atoms with Crippen LogP contribution in [0.3, 0.4) is 0 Å². The van der Waals surface area contributed by atoms with Gasteiger partial charge in [0, 0.05) is 11.1 Å². The number of esters is 1. The topological polar surface area (TPSA) is 76.7 Å². The maximum absolute atomic E-state index is 12.2. The number of rotatable bonds is 6. The molecule has 1 aliphatic heterocycles. The Morgan fingerprint density at radius 3 is 2.71 bits per heavy atom. The zero-order valence-corrected chi connectivity index (χ0v) is 14.8. The van der Waals surface area contributed by atoms with Crippen LogP contribution in [0, 0.1) is 0 Å². The van der Waals surface area contributed by atoms with Gasteiger partial charge >= 0.3 is 12.0 Å². The van der Waals surface area contributed by atoms with Crippen molar-refractivity contribution >= 4 is 35.2 Å². The molecule has 2 N–H and O–H groups in total. The number of urea groups is 1. The van der Waals surface area contributed by atoms with Crippen LogP contribution >= 0.6 is 23.2 Å². The number of benzene rings is 1. The highest BCUT2D eigenvalue weighted by Crippen LogP contribution is 2.28. The van der Waals surface area contributed by atoms with Crippen LogP contribution in [-0.4, -0.2) is 31.3 Å². The van der Waals surface area contributed by atoms with Gasteiger partial charge in [0.15, 0.2) is 0 Å². The number of nitrogens with one attached hydrogen (secondary N) is 2. The summed E-state index contributed by atoms with van der Waals surface area (Å²) >= 11 is 12.0. The lowest BCUT2D eigenvalue weighted by Gasteiger charge is -2.28.